The second-order valence-electron chi connectivity index (χ2n) is 7.94. The summed E-state index contributed by atoms with van der Waals surface area (Å²) < 4.78 is 27.6. The van der Waals surface area contributed by atoms with Gasteiger partial charge in [-0.25, -0.2) is 13.8 Å². The summed E-state index contributed by atoms with van der Waals surface area (Å²) in [6.45, 7) is 3.68. The average Bonchev–Trinajstić information content (AvgIpc) is 3.08. The predicted octanol–water partition coefficient (Wildman–Crippen LogP) is 2.95. The number of pyridine rings is 1. The highest BCUT2D eigenvalue weighted by atomic mass is 19.2. The maximum absolute atomic E-state index is 14.1. The minimum atomic E-state index is -0.801. The number of piperidine rings is 1. The smallest absolute Gasteiger partial charge is 0.252 e. The predicted molar refractivity (Wildman–Crippen MR) is 103 cm³/mol. The number of hydrogen-bond donors (Lipinski definition) is 1. The number of benzene rings is 1. The van der Waals surface area contributed by atoms with Crippen molar-refractivity contribution in [2.45, 2.75) is 25.8 Å². The number of likely N-dealkylation sites (tertiary alicyclic amines) is 1. The zero-order valence-electron chi connectivity index (χ0n) is 15.7. The van der Waals surface area contributed by atoms with Crippen molar-refractivity contribution < 1.29 is 13.6 Å². The zero-order chi connectivity index (χ0) is 19.7. The normalized spacial score (nSPS) is 22.7. The molecule has 1 aromatic carbocycles. The zero-order valence-corrected chi connectivity index (χ0v) is 15.7. The molecule has 4 rings (SSSR count). The number of hydrogen-bond acceptors (Lipinski definition) is 4. The standard InChI is InChI=1S/C21H24F2N4O/c22-17-6-1-4-15(18(17)23)12-26-10-3-7-21(13-26)8-11-27(14-21)20-16(19(24)28)5-2-9-25-20/h1-2,4-6,9H,3,7-8,10-14H2,(H2,24,28)/t21-/m1/s1. The summed E-state index contributed by atoms with van der Waals surface area (Å²) in [5.74, 6) is -1.39. The highest BCUT2D eigenvalue weighted by Crippen LogP contribution is 2.41. The van der Waals surface area contributed by atoms with Crippen molar-refractivity contribution in [2.24, 2.45) is 11.1 Å². The maximum atomic E-state index is 14.1. The van der Waals surface area contributed by atoms with Gasteiger partial charge in [0.2, 0.25) is 0 Å². The molecule has 3 heterocycles. The molecule has 1 aromatic heterocycles. The second-order valence-corrected chi connectivity index (χ2v) is 7.94. The lowest BCUT2D eigenvalue weighted by Crippen LogP contribution is -2.44. The van der Waals surface area contributed by atoms with E-state index in [1.807, 2.05) is 0 Å². The lowest BCUT2D eigenvalue weighted by atomic mass is 9.79. The van der Waals surface area contributed by atoms with Gasteiger partial charge in [0.05, 0.1) is 5.56 Å². The minimum Gasteiger partial charge on any atom is -0.365 e. The number of aromatic nitrogens is 1. The number of primary amides is 1. The topological polar surface area (TPSA) is 62.5 Å². The van der Waals surface area contributed by atoms with Crippen LogP contribution in [0.15, 0.2) is 36.5 Å². The summed E-state index contributed by atoms with van der Waals surface area (Å²) in [5, 5.41) is 0. The molecule has 1 atom stereocenters. The van der Waals surface area contributed by atoms with Gasteiger partial charge in [-0.05, 0) is 44.0 Å². The molecule has 0 bridgehead atoms. The number of nitrogens with zero attached hydrogens (tertiary/aromatic N) is 3. The van der Waals surface area contributed by atoms with Crippen LogP contribution in [0.25, 0.3) is 0 Å². The van der Waals surface area contributed by atoms with Crippen LogP contribution in [-0.4, -0.2) is 42.0 Å². The Labute approximate surface area is 163 Å². The molecule has 2 aliphatic rings. The molecular weight excluding hydrogens is 362 g/mol. The number of carbonyl (C=O) groups is 1. The fraction of sp³-hybridized carbons (Fsp3) is 0.429. The van der Waals surface area contributed by atoms with E-state index < -0.39 is 17.5 Å². The molecule has 2 N–H and O–H groups in total. The van der Waals surface area contributed by atoms with Gasteiger partial charge >= 0.3 is 0 Å². The van der Waals surface area contributed by atoms with Crippen LogP contribution in [0, 0.1) is 17.0 Å². The molecule has 2 fully saturated rings. The van der Waals surface area contributed by atoms with Crippen LogP contribution in [0.3, 0.4) is 0 Å². The first-order valence-electron chi connectivity index (χ1n) is 9.62. The van der Waals surface area contributed by atoms with Crippen LogP contribution in [0.1, 0.15) is 35.2 Å². The summed E-state index contributed by atoms with van der Waals surface area (Å²) in [5.41, 5.74) is 6.41. The summed E-state index contributed by atoms with van der Waals surface area (Å²) in [6.07, 6.45) is 4.73. The minimum absolute atomic E-state index is 0.0640. The molecule has 0 aliphatic carbocycles. The second kappa shape index (κ2) is 7.47. The number of carbonyl (C=O) groups excluding carboxylic acids is 1. The van der Waals surface area contributed by atoms with Crippen molar-refractivity contribution >= 4 is 11.7 Å². The number of rotatable bonds is 4. The molecular formula is C21H24F2N4O. The summed E-state index contributed by atoms with van der Waals surface area (Å²) in [4.78, 5) is 20.5. The van der Waals surface area contributed by atoms with Gasteiger partial charge in [-0.15, -0.1) is 0 Å². The molecule has 28 heavy (non-hydrogen) atoms. The van der Waals surface area contributed by atoms with Crippen molar-refractivity contribution in [2.75, 3.05) is 31.1 Å². The molecule has 1 spiro atoms. The Bertz CT molecular complexity index is 890. The molecule has 0 radical (unpaired) electrons. The van der Waals surface area contributed by atoms with E-state index >= 15 is 0 Å². The van der Waals surface area contributed by atoms with Crippen LogP contribution in [0.5, 0.6) is 0 Å². The van der Waals surface area contributed by atoms with E-state index in [0.717, 1.165) is 51.5 Å². The van der Waals surface area contributed by atoms with E-state index in [9.17, 15) is 13.6 Å². The van der Waals surface area contributed by atoms with Crippen molar-refractivity contribution in [1.29, 1.82) is 0 Å². The van der Waals surface area contributed by atoms with Crippen LogP contribution >= 0.6 is 0 Å². The lowest BCUT2D eigenvalue weighted by Gasteiger charge is -2.40. The third kappa shape index (κ3) is 3.58. The van der Waals surface area contributed by atoms with E-state index in [1.54, 1.807) is 30.5 Å². The Morgan fingerprint density at radius 1 is 1.14 bits per heavy atom. The first kappa shape index (κ1) is 18.8. The SMILES string of the molecule is NC(=O)c1cccnc1N1CC[C@@]2(CCCN(Cc3cccc(F)c3F)C2)C1. The number of halogens is 2. The molecule has 2 aliphatic heterocycles. The van der Waals surface area contributed by atoms with Gasteiger partial charge in [0.25, 0.3) is 5.91 Å². The monoisotopic (exact) mass is 386 g/mol. The van der Waals surface area contributed by atoms with Crippen molar-refractivity contribution in [3.63, 3.8) is 0 Å². The van der Waals surface area contributed by atoms with Gasteiger partial charge in [0.1, 0.15) is 5.82 Å². The highest BCUT2D eigenvalue weighted by Gasteiger charge is 2.42. The number of amides is 1. The van der Waals surface area contributed by atoms with E-state index in [-0.39, 0.29) is 5.41 Å². The van der Waals surface area contributed by atoms with Crippen LogP contribution < -0.4 is 10.6 Å². The third-order valence-corrected chi connectivity index (χ3v) is 5.96. The Morgan fingerprint density at radius 2 is 2.00 bits per heavy atom. The van der Waals surface area contributed by atoms with Crippen molar-refractivity contribution in [1.82, 2.24) is 9.88 Å². The first-order valence-corrected chi connectivity index (χ1v) is 9.62. The van der Waals surface area contributed by atoms with Crippen molar-refractivity contribution in [3.05, 3.63) is 59.3 Å². The molecule has 148 valence electrons. The number of nitrogens with two attached hydrogens (primary N) is 1. The molecule has 2 saturated heterocycles. The van der Waals surface area contributed by atoms with E-state index in [0.29, 0.717) is 23.5 Å². The molecule has 1 amide bonds. The molecule has 0 unspecified atom stereocenters. The maximum Gasteiger partial charge on any atom is 0.252 e. The Hall–Kier alpha value is -2.54. The summed E-state index contributed by atoms with van der Waals surface area (Å²) >= 11 is 0. The third-order valence-electron chi connectivity index (χ3n) is 5.96. The largest absolute Gasteiger partial charge is 0.365 e. The van der Waals surface area contributed by atoms with Crippen LogP contribution in [0.2, 0.25) is 0 Å². The molecule has 5 nitrogen and oxygen atoms in total. The molecule has 0 saturated carbocycles. The lowest BCUT2D eigenvalue weighted by molar-refractivity contribution is 0.0977. The van der Waals surface area contributed by atoms with Gasteiger partial charge in [-0.2, -0.15) is 0 Å². The first-order chi connectivity index (χ1) is 13.5. The van der Waals surface area contributed by atoms with Gasteiger partial charge < -0.3 is 10.6 Å². The Kier molecular flexibility index (Phi) is 5.02. The summed E-state index contributed by atoms with van der Waals surface area (Å²) in [6, 6.07) is 7.76. The van der Waals surface area contributed by atoms with Gasteiger partial charge in [0.15, 0.2) is 11.6 Å². The quantitative estimate of drug-likeness (QED) is 0.878. The molecule has 7 heteroatoms. The average molecular weight is 386 g/mol. The highest BCUT2D eigenvalue weighted by molar-refractivity contribution is 5.97. The van der Waals surface area contributed by atoms with Gasteiger partial charge in [-0.3, -0.25) is 9.69 Å². The van der Waals surface area contributed by atoms with E-state index in [1.165, 1.54) is 0 Å². The molecule has 2 aromatic rings. The fourth-order valence-corrected chi connectivity index (χ4v) is 4.65. The van der Waals surface area contributed by atoms with E-state index in [2.05, 4.69) is 14.8 Å². The number of anilines is 1. The Balaban J connectivity index is 1.49. The van der Waals surface area contributed by atoms with Crippen LogP contribution in [0.4, 0.5) is 14.6 Å². The van der Waals surface area contributed by atoms with Gasteiger partial charge in [0, 0.05) is 43.4 Å². The van der Waals surface area contributed by atoms with Gasteiger partial charge in [-0.1, -0.05) is 12.1 Å². The summed E-state index contributed by atoms with van der Waals surface area (Å²) in [7, 11) is 0. The van der Waals surface area contributed by atoms with Crippen molar-refractivity contribution in [3.8, 4) is 0 Å². The van der Waals surface area contributed by atoms with Crippen LogP contribution in [-0.2, 0) is 6.54 Å². The Morgan fingerprint density at radius 3 is 2.82 bits per heavy atom. The fourth-order valence-electron chi connectivity index (χ4n) is 4.65. The van der Waals surface area contributed by atoms with E-state index in [4.69, 9.17) is 5.73 Å².